The van der Waals surface area contributed by atoms with Crippen LogP contribution in [-0.2, 0) is 0 Å². The lowest BCUT2D eigenvalue weighted by molar-refractivity contribution is 0.0930. The molecule has 8 nitrogen and oxygen atoms in total. The standard InChI is InChI=1S/C20H21N7O/c1-11(10-22-13-2-3-13)23-20(28)19-24-16-8-14-15(9-17(16)25-19)26-27-18(14)12-4-6-21-7-5-12/h4-9,11,13,22,26-27H,2-3,10H2,1H3,(H,23,28). The van der Waals surface area contributed by atoms with Crippen LogP contribution < -0.4 is 10.6 Å². The summed E-state index contributed by atoms with van der Waals surface area (Å²) in [6.07, 6.45) is 5.96. The van der Waals surface area contributed by atoms with Crippen LogP contribution in [0.4, 0.5) is 0 Å². The maximum atomic E-state index is 12.5. The van der Waals surface area contributed by atoms with Crippen LogP contribution in [0.2, 0.25) is 0 Å². The molecule has 1 fully saturated rings. The number of hydrogen-bond acceptors (Lipinski definition) is 5. The number of carbonyl (C=O) groups excluding carboxylic acids is 1. The number of benzene rings is 1. The Balaban J connectivity index is 1.41. The molecule has 1 aromatic carbocycles. The van der Waals surface area contributed by atoms with E-state index in [1.54, 1.807) is 12.4 Å². The van der Waals surface area contributed by atoms with Gasteiger partial charge in [-0.25, -0.2) is 9.97 Å². The molecule has 0 spiro atoms. The minimum absolute atomic E-state index is 0.0252. The van der Waals surface area contributed by atoms with Crippen molar-refractivity contribution >= 4 is 27.8 Å². The van der Waals surface area contributed by atoms with Gasteiger partial charge in [0.2, 0.25) is 5.82 Å². The highest BCUT2D eigenvalue weighted by atomic mass is 16.2. The molecule has 1 atom stereocenters. The maximum Gasteiger partial charge on any atom is 0.289 e. The zero-order valence-corrected chi connectivity index (χ0v) is 15.5. The molecule has 8 heteroatoms. The summed E-state index contributed by atoms with van der Waals surface area (Å²) in [4.78, 5) is 25.5. The smallest absolute Gasteiger partial charge is 0.289 e. The van der Waals surface area contributed by atoms with Gasteiger partial charge in [0, 0.05) is 42.0 Å². The Morgan fingerprint density at radius 2 is 1.93 bits per heavy atom. The molecule has 1 saturated carbocycles. The van der Waals surface area contributed by atoms with Crippen molar-refractivity contribution in [3.05, 3.63) is 42.5 Å². The van der Waals surface area contributed by atoms with Crippen molar-refractivity contribution < 1.29 is 4.79 Å². The van der Waals surface area contributed by atoms with Gasteiger partial charge in [-0.15, -0.1) is 0 Å². The van der Waals surface area contributed by atoms with Crippen LogP contribution in [0.5, 0.6) is 0 Å². The highest BCUT2D eigenvalue weighted by Gasteiger charge is 2.22. The molecule has 1 unspecified atom stereocenters. The Morgan fingerprint density at radius 1 is 1.18 bits per heavy atom. The molecule has 0 radical (unpaired) electrons. The van der Waals surface area contributed by atoms with Gasteiger partial charge in [0.1, 0.15) is 0 Å². The molecule has 1 aliphatic carbocycles. The zero-order valence-electron chi connectivity index (χ0n) is 15.5. The minimum atomic E-state index is -0.245. The van der Waals surface area contributed by atoms with Crippen molar-refractivity contribution in [3.63, 3.8) is 0 Å². The summed E-state index contributed by atoms with van der Waals surface area (Å²) in [6.45, 7) is 2.74. The fourth-order valence-electron chi connectivity index (χ4n) is 3.33. The van der Waals surface area contributed by atoms with Gasteiger partial charge in [-0.05, 0) is 44.0 Å². The van der Waals surface area contributed by atoms with Crippen LogP contribution in [0.15, 0.2) is 36.7 Å². The number of pyridine rings is 1. The van der Waals surface area contributed by atoms with Crippen LogP contribution in [0, 0.1) is 0 Å². The third kappa shape index (κ3) is 3.22. The van der Waals surface area contributed by atoms with Crippen molar-refractivity contribution in [1.29, 1.82) is 0 Å². The van der Waals surface area contributed by atoms with Crippen molar-refractivity contribution in [3.8, 4) is 11.3 Å². The van der Waals surface area contributed by atoms with Gasteiger partial charge in [-0.1, -0.05) is 0 Å². The number of rotatable bonds is 6. The molecule has 1 amide bonds. The van der Waals surface area contributed by atoms with Gasteiger partial charge in [-0.3, -0.25) is 14.9 Å². The van der Waals surface area contributed by atoms with Gasteiger partial charge in [-0.2, -0.15) is 0 Å². The number of aromatic amines is 2. The average Bonchev–Trinajstić information content (AvgIpc) is 3.30. The van der Waals surface area contributed by atoms with E-state index in [1.807, 2.05) is 31.2 Å². The molecule has 0 aliphatic heterocycles. The number of amides is 1. The number of nitrogens with zero attached hydrogens (tertiary/aromatic N) is 3. The van der Waals surface area contributed by atoms with Gasteiger partial charge in [0.15, 0.2) is 0 Å². The largest absolute Gasteiger partial charge is 0.346 e. The molecule has 1 aliphatic rings. The highest BCUT2D eigenvalue weighted by Crippen LogP contribution is 2.28. The molecule has 28 heavy (non-hydrogen) atoms. The molecule has 3 aromatic heterocycles. The van der Waals surface area contributed by atoms with E-state index in [2.05, 4.69) is 35.8 Å². The Morgan fingerprint density at radius 3 is 2.68 bits per heavy atom. The second kappa shape index (κ2) is 6.72. The molecule has 4 N–H and O–H groups in total. The van der Waals surface area contributed by atoms with E-state index in [0.717, 1.165) is 28.7 Å². The molecular formula is C20H21N7O. The van der Waals surface area contributed by atoms with E-state index >= 15 is 0 Å². The Labute approximate surface area is 161 Å². The number of aromatic nitrogens is 5. The Bertz CT molecular complexity index is 1140. The maximum absolute atomic E-state index is 12.5. The Kier molecular flexibility index (Phi) is 4.05. The quantitative estimate of drug-likeness (QED) is 0.413. The average molecular weight is 375 g/mol. The van der Waals surface area contributed by atoms with E-state index in [4.69, 9.17) is 0 Å². The third-order valence-corrected chi connectivity index (χ3v) is 5.00. The first kappa shape index (κ1) is 16.9. The van der Waals surface area contributed by atoms with Crippen molar-refractivity contribution in [2.75, 3.05) is 6.54 Å². The van der Waals surface area contributed by atoms with Gasteiger partial charge >= 0.3 is 0 Å². The van der Waals surface area contributed by atoms with Crippen molar-refractivity contribution in [2.24, 2.45) is 0 Å². The molecule has 0 bridgehead atoms. The van der Waals surface area contributed by atoms with Crippen LogP contribution in [0.3, 0.4) is 0 Å². The van der Waals surface area contributed by atoms with Crippen molar-refractivity contribution in [1.82, 2.24) is 35.8 Å². The molecule has 4 aromatic rings. The lowest BCUT2D eigenvalue weighted by Crippen LogP contribution is -2.40. The lowest BCUT2D eigenvalue weighted by atomic mass is 10.1. The second-order valence-electron chi connectivity index (χ2n) is 7.35. The predicted molar refractivity (Wildman–Crippen MR) is 107 cm³/mol. The summed E-state index contributed by atoms with van der Waals surface area (Å²) in [5.74, 6) is -0.0405. The molecular weight excluding hydrogens is 354 g/mol. The monoisotopic (exact) mass is 375 g/mol. The van der Waals surface area contributed by atoms with Crippen LogP contribution in [0.25, 0.3) is 33.2 Å². The topological polar surface area (TPSA) is 111 Å². The number of fused-ring (bicyclic) bond motifs is 2. The van der Waals surface area contributed by atoms with Gasteiger partial charge < -0.3 is 15.7 Å². The summed E-state index contributed by atoms with van der Waals surface area (Å²) in [5.41, 5.74) is 4.28. The number of hydrogen-bond donors (Lipinski definition) is 4. The number of H-pyrrole nitrogens is 2. The van der Waals surface area contributed by atoms with E-state index in [9.17, 15) is 4.79 Å². The molecule has 0 saturated heterocycles. The second-order valence-corrected chi connectivity index (χ2v) is 7.35. The lowest BCUT2D eigenvalue weighted by Gasteiger charge is -2.13. The third-order valence-electron chi connectivity index (χ3n) is 5.00. The normalized spacial score (nSPS) is 15.2. The number of imidazole rings is 1. The zero-order chi connectivity index (χ0) is 19.1. The number of nitrogens with one attached hydrogen (secondary N) is 4. The molecule has 3 heterocycles. The summed E-state index contributed by atoms with van der Waals surface area (Å²) < 4.78 is 0. The van der Waals surface area contributed by atoms with Gasteiger partial charge in [0.05, 0.1) is 22.2 Å². The Hall–Kier alpha value is -3.26. The summed E-state index contributed by atoms with van der Waals surface area (Å²) >= 11 is 0. The first-order valence-corrected chi connectivity index (χ1v) is 9.50. The molecule has 142 valence electrons. The van der Waals surface area contributed by atoms with E-state index in [-0.39, 0.29) is 17.8 Å². The summed E-state index contributed by atoms with van der Waals surface area (Å²) in [6, 6.07) is 8.39. The van der Waals surface area contributed by atoms with Crippen LogP contribution in [0.1, 0.15) is 30.4 Å². The minimum Gasteiger partial charge on any atom is -0.346 e. The van der Waals surface area contributed by atoms with Crippen LogP contribution >= 0.6 is 0 Å². The molecule has 5 rings (SSSR count). The SMILES string of the molecule is CC(CNC1CC1)NC(=O)c1nc2cc3[nH][nH]c(-c4ccncc4)c3cc2n1. The fourth-order valence-corrected chi connectivity index (χ4v) is 3.33. The first-order chi connectivity index (χ1) is 13.7. The fraction of sp³-hybridized carbons (Fsp3) is 0.300. The summed E-state index contributed by atoms with van der Waals surface area (Å²) in [5, 5.41) is 13.7. The summed E-state index contributed by atoms with van der Waals surface area (Å²) in [7, 11) is 0. The van der Waals surface area contributed by atoms with Gasteiger partial charge in [0.25, 0.3) is 5.91 Å². The van der Waals surface area contributed by atoms with E-state index in [0.29, 0.717) is 17.1 Å². The van der Waals surface area contributed by atoms with E-state index in [1.165, 1.54) is 12.8 Å². The van der Waals surface area contributed by atoms with Crippen molar-refractivity contribution in [2.45, 2.75) is 31.8 Å². The van der Waals surface area contributed by atoms with E-state index < -0.39 is 0 Å². The number of carbonyl (C=O) groups is 1. The highest BCUT2D eigenvalue weighted by molar-refractivity contribution is 6.02. The first-order valence-electron chi connectivity index (χ1n) is 9.50. The van der Waals surface area contributed by atoms with Crippen LogP contribution in [-0.4, -0.2) is 49.7 Å². The predicted octanol–water partition coefficient (Wildman–Crippen LogP) is 2.37.